The Morgan fingerprint density at radius 3 is 1.97 bits per heavy atom. The van der Waals surface area contributed by atoms with Gasteiger partial charge in [-0.05, 0) is 12.8 Å². The summed E-state index contributed by atoms with van der Waals surface area (Å²) < 4.78 is 54.4. The maximum absolute atomic E-state index is 12.3. The van der Waals surface area contributed by atoms with Gasteiger partial charge in [0.05, 0.1) is 22.5 Å². The van der Waals surface area contributed by atoms with E-state index < -0.39 is 71.2 Å². The van der Waals surface area contributed by atoms with Gasteiger partial charge in [-0.1, -0.05) is 52.4 Å². The second-order valence-corrected chi connectivity index (χ2v) is 10.4. The van der Waals surface area contributed by atoms with Gasteiger partial charge in [0.15, 0.2) is 12.4 Å². The zero-order valence-electron chi connectivity index (χ0n) is 22.1. The molecule has 0 spiro atoms. The van der Waals surface area contributed by atoms with Gasteiger partial charge in [-0.3, -0.25) is 9.59 Å². The summed E-state index contributed by atoms with van der Waals surface area (Å²) in [5.74, 6) is -2.15. The zero-order valence-corrected chi connectivity index (χ0v) is 24.9. The fourth-order valence-electron chi connectivity index (χ4n) is 3.61. The molecule has 6 atom stereocenters. The molecule has 212 valence electrons. The van der Waals surface area contributed by atoms with Crippen molar-refractivity contribution in [2.24, 2.45) is 0 Å². The van der Waals surface area contributed by atoms with E-state index in [4.69, 9.17) is 18.9 Å². The van der Waals surface area contributed by atoms with Crippen LogP contribution in [0.3, 0.4) is 0 Å². The van der Waals surface area contributed by atoms with Crippen LogP contribution >= 0.6 is 0 Å². The maximum Gasteiger partial charge on any atom is 1.00 e. The van der Waals surface area contributed by atoms with E-state index in [9.17, 15) is 37.9 Å². The van der Waals surface area contributed by atoms with E-state index in [1.807, 2.05) is 13.8 Å². The maximum atomic E-state index is 12.3. The fourth-order valence-corrected chi connectivity index (χ4v) is 4.28. The first-order valence-electron chi connectivity index (χ1n) is 12.6. The Balaban J connectivity index is 0.0000130. The number of hydrogen-bond donors (Lipinski definition) is 3. The summed E-state index contributed by atoms with van der Waals surface area (Å²) in [4.78, 5) is 24.3. The quantitative estimate of drug-likeness (QED) is 0.0703. The van der Waals surface area contributed by atoms with Gasteiger partial charge in [-0.15, -0.1) is 0 Å². The van der Waals surface area contributed by atoms with E-state index in [1.54, 1.807) is 0 Å². The Bertz CT molecular complexity index is 750. The van der Waals surface area contributed by atoms with Crippen molar-refractivity contribution in [3.63, 3.8) is 0 Å². The Morgan fingerprint density at radius 1 is 0.865 bits per heavy atom. The van der Waals surface area contributed by atoms with Crippen LogP contribution in [0.2, 0.25) is 0 Å². The first kappa shape index (κ1) is 36.6. The van der Waals surface area contributed by atoms with E-state index in [1.165, 1.54) is 0 Å². The monoisotopic (exact) mass is 564 g/mol. The van der Waals surface area contributed by atoms with Gasteiger partial charge in [0.25, 0.3) is 0 Å². The van der Waals surface area contributed by atoms with Crippen molar-refractivity contribution in [2.75, 3.05) is 19.0 Å². The Labute approximate surface area is 241 Å². The summed E-state index contributed by atoms with van der Waals surface area (Å²) >= 11 is 0. The number of carbonyl (C=O) groups is 2. The summed E-state index contributed by atoms with van der Waals surface area (Å²) in [6.45, 7) is 3.34. The van der Waals surface area contributed by atoms with Crippen LogP contribution < -0.4 is 29.6 Å². The Kier molecular flexibility index (Phi) is 19.5. The minimum absolute atomic E-state index is 0. The first-order valence-corrected chi connectivity index (χ1v) is 14.2. The van der Waals surface area contributed by atoms with Gasteiger partial charge in [0.2, 0.25) is 0 Å². The van der Waals surface area contributed by atoms with Crippen molar-refractivity contribution in [1.29, 1.82) is 0 Å². The molecule has 1 saturated heterocycles. The third-order valence-corrected chi connectivity index (χ3v) is 6.42. The minimum Gasteiger partial charge on any atom is -0.748 e. The second kappa shape index (κ2) is 19.7. The van der Waals surface area contributed by atoms with Gasteiger partial charge < -0.3 is 38.8 Å². The molecule has 12 nitrogen and oxygen atoms in total. The molecule has 37 heavy (non-hydrogen) atoms. The molecule has 0 aliphatic carbocycles. The van der Waals surface area contributed by atoms with Gasteiger partial charge >= 0.3 is 41.5 Å². The standard InChI is InChI=1S/C23H42O12S.Na/c1-3-5-7-9-11-18(24)32-13-16(34-19(25)12-10-8-6-4-2)14-33-23-22(28)21(27)20(26)17(35-23)15-36(29,30)31;/h16-17,20-23,26-28H,3-15H2,1-2H3,(H,29,30,31);/q;+1/p-1/t16?,17-,20-,21+,22-,23+;/m1./s1. The van der Waals surface area contributed by atoms with Gasteiger partial charge in [0.1, 0.15) is 31.0 Å². The summed E-state index contributed by atoms with van der Waals surface area (Å²) in [6, 6.07) is 0. The molecular weight excluding hydrogens is 523 g/mol. The van der Waals surface area contributed by atoms with Crippen LogP contribution in [0, 0.1) is 0 Å². The van der Waals surface area contributed by atoms with E-state index >= 15 is 0 Å². The third-order valence-electron chi connectivity index (χ3n) is 5.68. The Morgan fingerprint density at radius 2 is 1.43 bits per heavy atom. The van der Waals surface area contributed by atoms with Crippen LogP contribution in [-0.2, 0) is 38.7 Å². The van der Waals surface area contributed by atoms with Crippen molar-refractivity contribution in [3.8, 4) is 0 Å². The van der Waals surface area contributed by atoms with Crippen LogP contribution in [0.25, 0.3) is 0 Å². The van der Waals surface area contributed by atoms with Gasteiger partial charge in [-0.25, -0.2) is 8.42 Å². The van der Waals surface area contributed by atoms with Crippen molar-refractivity contribution >= 4 is 22.1 Å². The third kappa shape index (κ3) is 15.7. The van der Waals surface area contributed by atoms with E-state index in [0.29, 0.717) is 12.8 Å². The predicted octanol–water partition coefficient (Wildman–Crippen LogP) is -2.24. The van der Waals surface area contributed by atoms with E-state index in [2.05, 4.69) is 0 Å². The smallest absolute Gasteiger partial charge is 0.748 e. The summed E-state index contributed by atoms with van der Waals surface area (Å²) in [7, 11) is -4.82. The number of esters is 2. The fraction of sp³-hybridized carbons (Fsp3) is 0.913. The second-order valence-electron chi connectivity index (χ2n) is 8.99. The molecule has 14 heteroatoms. The van der Waals surface area contributed by atoms with Crippen LogP contribution in [-0.4, -0.2) is 96.0 Å². The zero-order chi connectivity index (χ0) is 27.1. The first-order chi connectivity index (χ1) is 17.0. The number of carbonyl (C=O) groups excluding carboxylic acids is 2. The summed E-state index contributed by atoms with van der Waals surface area (Å²) in [6.07, 6.45) is -2.44. The van der Waals surface area contributed by atoms with Gasteiger partial charge in [-0.2, -0.15) is 0 Å². The Hall–Kier alpha value is -0.350. The SMILES string of the molecule is CCCCCCC(=O)OCC(CO[C@H]1O[C@H](CS(=O)(=O)[O-])[C@@H](O)[C@H](O)[C@H]1O)OC(=O)CCCCCC.[Na+]. The molecule has 1 aliphatic rings. The topological polar surface area (TPSA) is 189 Å². The van der Waals surface area contributed by atoms with Crippen LogP contribution in [0.4, 0.5) is 0 Å². The molecule has 1 heterocycles. The number of hydrogen-bond acceptors (Lipinski definition) is 12. The molecule has 0 radical (unpaired) electrons. The molecule has 0 amide bonds. The van der Waals surface area contributed by atoms with Crippen LogP contribution in [0.15, 0.2) is 0 Å². The van der Waals surface area contributed by atoms with Crippen LogP contribution in [0.5, 0.6) is 0 Å². The van der Waals surface area contributed by atoms with E-state index in [-0.39, 0.29) is 49.0 Å². The normalized spacial score (nSPS) is 24.6. The molecule has 0 aromatic rings. The number of rotatable bonds is 18. The van der Waals surface area contributed by atoms with E-state index in [0.717, 1.165) is 38.5 Å². The van der Waals surface area contributed by atoms with Gasteiger partial charge in [0, 0.05) is 12.8 Å². The largest absolute Gasteiger partial charge is 1.00 e. The molecule has 1 unspecified atom stereocenters. The molecule has 0 bridgehead atoms. The number of aliphatic hydroxyl groups is 3. The van der Waals surface area contributed by atoms with Crippen molar-refractivity contribution in [2.45, 2.75) is 115 Å². The molecular formula is C23H41NaO12S. The van der Waals surface area contributed by atoms with Crippen LogP contribution in [0.1, 0.15) is 78.1 Å². The predicted molar refractivity (Wildman–Crippen MR) is 126 cm³/mol. The molecule has 1 aliphatic heterocycles. The minimum atomic E-state index is -4.82. The molecule has 0 saturated carbocycles. The summed E-state index contributed by atoms with van der Waals surface area (Å²) in [5.41, 5.74) is 0. The molecule has 1 fully saturated rings. The molecule has 0 aromatic carbocycles. The number of ether oxygens (including phenoxy) is 4. The van der Waals surface area contributed by atoms with Crippen molar-refractivity contribution in [1.82, 2.24) is 0 Å². The molecule has 3 N–H and O–H groups in total. The summed E-state index contributed by atoms with van der Waals surface area (Å²) in [5, 5.41) is 30.1. The van der Waals surface area contributed by atoms with Crippen molar-refractivity contribution in [3.05, 3.63) is 0 Å². The molecule has 0 aromatic heterocycles. The molecule has 1 rings (SSSR count). The number of unbranched alkanes of at least 4 members (excludes halogenated alkanes) is 6. The average molecular weight is 565 g/mol. The number of aliphatic hydroxyl groups excluding tert-OH is 3. The van der Waals surface area contributed by atoms with Crippen molar-refractivity contribution < 1.29 is 86.4 Å². The average Bonchev–Trinajstić information content (AvgIpc) is 2.81.